The second kappa shape index (κ2) is 7.67. The monoisotopic (exact) mass is 413 g/mol. The van der Waals surface area contributed by atoms with E-state index >= 15 is 0 Å². The lowest BCUT2D eigenvalue weighted by molar-refractivity contribution is 0.321. The van der Waals surface area contributed by atoms with Crippen LogP contribution in [0.2, 0.25) is 0 Å². The highest BCUT2D eigenvalue weighted by Crippen LogP contribution is 2.38. The maximum Gasteiger partial charge on any atom is 0.339 e. The van der Waals surface area contributed by atoms with E-state index in [4.69, 9.17) is 14.1 Å². The van der Waals surface area contributed by atoms with Crippen molar-refractivity contribution in [3.05, 3.63) is 52.0 Å². The molecule has 0 spiro atoms. The van der Waals surface area contributed by atoms with Gasteiger partial charge < -0.3 is 14.1 Å². The van der Waals surface area contributed by atoms with Crippen molar-refractivity contribution in [2.24, 2.45) is 5.16 Å². The Balaban J connectivity index is 2.45. The largest absolute Gasteiger partial charge is 0.490 e. The molecule has 0 aliphatic heterocycles. The average Bonchev–Trinajstić information content (AvgIpc) is 2.52. The lowest BCUT2D eigenvalue weighted by Gasteiger charge is -2.14. The zero-order valence-corrected chi connectivity index (χ0v) is 15.5. The van der Waals surface area contributed by atoms with Gasteiger partial charge in [-0.15, -0.1) is 0 Å². The normalized spacial score (nSPS) is 11.6. The summed E-state index contributed by atoms with van der Waals surface area (Å²) >= 11 is 3.26. The van der Waals surface area contributed by atoms with Gasteiger partial charge in [-0.3, -0.25) is 0 Å². The Morgan fingerprint density at radius 3 is 2.50 bits per heavy atom. The fourth-order valence-corrected chi connectivity index (χ4v) is 3.54. The van der Waals surface area contributed by atoms with Gasteiger partial charge in [0, 0.05) is 5.56 Å². The van der Waals surface area contributed by atoms with Crippen LogP contribution in [0.25, 0.3) is 0 Å². The summed E-state index contributed by atoms with van der Waals surface area (Å²) in [6.45, 7) is 3.94. The molecule has 0 bridgehead atoms. The SMILES string of the molecule is CCOc1cc(/C=N\O)cc(Br)c1OS(=O)(=O)c1ccc(C)cc1. The van der Waals surface area contributed by atoms with Crippen LogP contribution in [0.5, 0.6) is 11.5 Å². The fraction of sp³-hybridized carbons (Fsp3) is 0.188. The van der Waals surface area contributed by atoms with Gasteiger partial charge >= 0.3 is 10.1 Å². The molecule has 0 saturated heterocycles. The number of nitrogens with zero attached hydrogens (tertiary/aromatic N) is 1. The third-order valence-electron chi connectivity index (χ3n) is 3.04. The van der Waals surface area contributed by atoms with E-state index in [9.17, 15) is 8.42 Å². The van der Waals surface area contributed by atoms with Crippen molar-refractivity contribution in [2.45, 2.75) is 18.7 Å². The predicted molar refractivity (Wildman–Crippen MR) is 93.7 cm³/mol. The van der Waals surface area contributed by atoms with Crippen LogP contribution in [-0.2, 0) is 10.1 Å². The van der Waals surface area contributed by atoms with Crippen LogP contribution in [-0.4, -0.2) is 26.4 Å². The Morgan fingerprint density at radius 2 is 1.92 bits per heavy atom. The first-order valence-corrected chi connectivity index (χ1v) is 9.22. The lowest BCUT2D eigenvalue weighted by Crippen LogP contribution is -2.11. The molecule has 6 nitrogen and oxygen atoms in total. The summed E-state index contributed by atoms with van der Waals surface area (Å²) in [5.41, 5.74) is 1.46. The highest BCUT2D eigenvalue weighted by atomic mass is 79.9. The van der Waals surface area contributed by atoms with Crippen molar-refractivity contribution in [3.63, 3.8) is 0 Å². The minimum Gasteiger partial charge on any atom is -0.490 e. The number of halogens is 1. The van der Waals surface area contributed by atoms with Gasteiger partial charge in [0.2, 0.25) is 0 Å². The van der Waals surface area contributed by atoms with Crippen molar-refractivity contribution < 1.29 is 22.5 Å². The van der Waals surface area contributed by atoms with E-state index in [1.807, 2.05) is 6.92 Å². The lowest BCUT2D eigenvalue weighted by atomic mass is 10.2. The molecule has 8 heteroatoms. The summed E-state index contributed by atoms with van der Waals surface area (Å²) in [7, 11) is -4.01. The molecule has 128 valence electrons. The molecule has 0 unspecified atom stereocenters. The molecule has 24 heavy (non-hydrogen) atoms. The third kappa shape index (κ3) is 4.27. The van der Waals surface area contributed by atoms with Crippen molar-refractivity contribution in [2.75, 3.05) is 6.61 Å². The fourth-order valence-electron chi connectivity index (χ4n) is 1.94. The van der Waals surface area contributed by atoms with E-state index in [1.165, 1.54) is 24.4 Å². The quantitative estimate of drug-likeness (QED) is 0.337. The summed E-state index contributed by atoms with van der Waals surface area (Å²) < 4.78 is 36.0. The highest BCUT2D eigenvalue weighted by molar-refractivity contribution is 9.10. The molecule has 0 radical (unpaired) electrons. The molecule has 0 fully saturated rings. The predicted octanol–water partition coefficient (Wildman–Crippen LogP) is 3.73. The van der Waals surface area contributed by atoms with Gasteiger partial charge in [-0.05, 0) is 54.0 Å². The molecule has 0 amide bonds. The van der Waals surface area contributed by atoms with E-state index in [0.717, 1.165) is 5.56 Å². The Hall–Kier alpha value is -2.06. The molecular formula is C16H16BrNO5S. The molecule has 0 atom stereocenters. The van der Waals surface area contributed by atoms with Crippen molar-refractivity contribution >= 4 is 32.3 Å². The molecule has 2 aromatic rings. The molecule has 0 aliphatic carbocycles. The van der Waals surface area contributed by atoms with Gasteiger partial charge in [0.1, 0.15) is 4.90 Å². The van der Waals surface area contributed by atoms with Gasteiger partial charge in [-0.2, -0.15) is 8.42 Å². The smallest absolute Gasteiger partial charge is 0.339 e. The van der Waals surface area contributed by atoms with E-state index in [-0.39, 0.29) is 16.4 Å². The standard InChI is InChI=1S/C16H16BrNO5S/c1-3-22-15-9-12(10-18-19)8-14(17)16(15)23-24(20,21)13-6-4-11(2)5-7-13/h4-10,19H,3H2,1-2H3/b18-10-. The minimum atomic E-state index is -4.01. The Labute approximate surface area is 149 Å². The van der Waals surface area contributed by atoms with Gasteiger partial charge in [0.15, 0.2) is 11.5 Å². The second-order valence-electron chi connectivity index (χ2n) is 4.86. The average molecular weight is 414 g/mol. The number of aryl methyl sites for hydroxylation is 1. The molecule has 0 saturated carbocycles. The van der Waals surface area contributed by atoms with E-state index in [1.54, 1.807) is 25.1 Å². The topological polar surface area (TPSA) is 85.2 Å². The van der Waals surface area contributed by atoms with Crippen molar-refractivity contribution in [3.8, 4) is 11.5 Å². The Bertz CT molecular complexity index is 848. The summed E-state index contributed by atoms with van der Waals surface area (Å²) in [4.78, 5) is 0.0449. The van der Waals surface area contributed by atoms with Crippen LogP contribution in [0, 0.1) is 6.92 Å². The maximum absolute atomic E-state index is 12.5. The first-order chi connectivity index (χ1) is 11.4. The number of hydrogen-bond acceptors (Lipinski definition) is 6. The molecule has 1 N–H and O–H groups in total. The molecule has 0 heterocycles. The van der Waals surface area contributed by atoms with Crippen LogP contribution in [0.15, 0.2) is 50.9 Å². The van der Waals surface area contributed by atoms with Gasteiger partial charge in [0.05, 0.1) is 17.3 Å². The first-order valence-electron chi connectivity index (χ1n) is 7.02. The number of oxime groups is 1. The zero-order valence-electron chi connectivity index (χ0n) is 13.1. The van der Waals surface area contributed by atoms with Crippen LogP contribution in [0.3, 0.4) is 0 Å². The third-order valence-corrected chi connectivity index (χ3v) is 4.87. The summed E-state index contributed by atoms with van der Waals surface area (Å²) in [5, 5.41) is 11.6. The molecule has 2 rings (SSSR count). The van der Waals surface area contributed by atoms with Gasteiger partial charge in [-0.1, -0.05) is 22.9 Å². The molecular weight excluding hydrogens is 398 g/mol. The first kappa shape index (κ1) is 18.3. The molecule has 0 aromatic heterocycles. The Morgan fingerprint density at radius 1 is 1.25 bits per heavy atom. The second-order valence-corrected chi connectivity index (χ2v) is 7.26. The summed E-state index contributed by atoms with van der Waals surface area (Å²) in [6, 6.07) is 9.42. The number of ether oxygens (including phenoxy) is 1. The number of hydrogen-bond donors (Lipinski definition) is 1. The van der Waals surface area contributed by atoms with Gasteiger partial charge in [-0.25, -0.2) is 0 Å². The molecule has 2 aromatic carbocycles. The van der Waals surface area contributed by atoms with Crippen LogP contribution in [0.1, 0.15) is 18.1 Å². The number of rotatable bonds is 6. The van der Waals surface area contributed by atoms with Crippen LogP contribution >= 0.6 is 15.9 Å². The molecule has 0 aliphatic rings. The van der Waals surface area contributed by atoms with E-state index < -0.39 is 10.1 Å². The minimum absolute atomic E-state index is 0.0347. The zero-order chi connectivity index (χ0) is 17.7. The Kier molecular flexibility index (Phi) is 5.84. The highest BCUT2D eigenvalue weighted by Gasteiger charge is 2.22. The summed E-state index contributed by atoms with van der Waals surface area (Å²) in [5.74, 6) is 0.255. The van der Waals surface area contributed by atoms with Crippen molar-refractivity contribution in [1.29, 1.82) is 0 Å². The van der Waals surface area contributed by atoms with E-state index in [0.29, 0.717) is 16.6 Å². The van der Waals surface area contributed by atoms with Crippen LogP contribution < -0.4 is 8.92 Å². The van der Waals surface area contributed by atoms with E-state index in [2.05, 4.69) is 21.1 Å². The summed E-state index contributed by atoms with van der Waals surface area (Å²) in [6.07, 6.45) is 1.20. The number of benzene rings is 2. The van der Waals surface area contributed by atoms with Gasteiger partial charge in [0.25, 0.3) is 0 Å². The maximum atomic E-state index is 12.5. The van der Waals surface area contributed by atoms with Crippen molar-refractivity contribution in [1.82, 2.24) is 0 Å². The van der Waals surface area contributed by atoms with Crippen LogP contribution in [0.4, 0.5) is 0 Å².